The van der Waals surface area contributed by atoms with Gasteiger partial charge in [-0.1, -0.05) is 32.0 Å². The number of thioether (sulfide) groups is 1. The zero-order valence-electron chi connectivity index (χ0n) is 11.9. The van der Waals surface area contributed by atoms with E-state index < -0.39 is 0 Å². The first kappa shape index (κ1) is 15.1. The van der Waals surface area contributed by atoms with Crippen molar-refractivity contribution in [3.05, 3.63) is 0 Å². The molecule has 1 aliphatic carbocycles. The summed E-state index contributed by atoms with van der Waals surface area (Å²) in [7, 11) is 0. The van der Waals surface area contributed by atoms with Crippen molar-refractivity contribution in [1.82, 2.24) is 4.90 Å². The lowest BCUT2D eigenvalue weighted by Gasteiger charge is -2.42. The number of rotatable bonds is 3. The number of nitrogens with two attached hydrogens (primary N) is 1. The number of hydrogen-bond acceptors (Lipinski definition) is 3. The summed E-state index contributed by atoms with van der Waals surface area (Å²) in [6.45, 7) is 3.73. The van der Waals surface area contributed by atoms with Gasteiger partial charge in [0.1, 0.15) is 0 Å². The van der Waals surface area contributed by atoms with Crippen molar-refractivity contribution in [3.63, 3.8) is 0 Å². The van der Waals surface area contributed by atoms with E-state index >= 15 is 0 Å². The van der Waals surface area contributed by atoms with Gasteiger partial charge in [-0.15, -0.1) is 0 Å². The van der Waals surface area contributed by atoms with Crippen LogP contribution in [0.2, 0.25) is 0 Å². The van der Waals surface area contributed by atoms with Gasteiger partial charge < -0.3 is 10.6 Å². The molecule has 1 saturated heterocycles. The molecule has 0 bridgehead atoms. The maximum atomic E-state index is 12.6. The molecule has 2 fully saturated rings. The van der Waals surface area contributed by atoms with E-state index in [0.29, 0.717) is 10.9 Å². The minimum Gasteiger partial charge on any atom is -0.392 e. The summed E-state index contributed by atoms with van der Waals surface area (Å²) in [5, 5.41) is 0. The summed E-state index contributed by atoms with van der Waals surface area (Å²) < 4.78 is -0.0945. The third-order valence-electron chi connectivity index (χ3n) is 4.92. The SMILES string of the molecule is CSC1(C(N)=S)CCN(C(=O)C2(C)CCCC2)CC1. The molecule has 1 aliphatic heterocycles. The number of piperidine rings is 1. The van der Waals surface area contributed by atoms with Crippen LogP contribution in [0.1, 0.15) is 45.4 Å². The summed E-state index contributed by atoms with van der Waals surface area (Å²) in [5.41, 5.74) is 5.78. The van der Waals surface area contributed by atoms with E-state index in [-0.39, 0.29) is 10.2 Å². The Kier molecular flexibility index (Phi) is 4.45. The second kappa shape index (κ2) is 5.60. The Morgan fingerprint density at radius 2 is 1.74 bits per heavy atom. The summed E-state index contributed by atoms with van der Waals surface area (Å²) in [4.78, 5) is 15.3. The Morgan fingerprint density at radius 3 is 2.16 bits per heavy atom. The second-order valence-corrected chi connectivity index (χ2v) is 7.75. The Morgan fingerprint density at radius 1 is 1.21 bits per heavy atom. The Hall–Kier alpha value is -0.290. The van der Waals surface area contributed by atoms with Gasteiger partial charge in [-0.3, -0.25) is 4.79 Å². The topological polar surface area (TPSA) is 46.3 Å². The number of likely N-dealkylation sites (tertiary alicyclic amines) is 1. The second-order valence-electron chi connectivity index (χ2n) is 6.12. The monoisotopic (exact) mass is 300 g/mol. The maximum Gasteiger partial charge on any atom is 0.228 e. The highest BCUT2D eigenvalue weighted by Gasteiger charge is 2.43. The van der Waals surface area contributed by atoms with Crippen LogP contribution in [0.5, 0.6) is 0 Å². The maximum absolute atomic E-state index is 12.6. The van der Waals surface area contributed by atoms with Crippen LogP contribution in [0, 0.1) is 5.41 Å². The summed E-state index contributed by atoms with van der Waals surface area (Å²) >= 11 is 6.96. The van der Waals surface area contributed by atoms with Crippen LogP contribution < -0.4 is 5.73 Å². The van der Waals surface area contributed by atoms with Crippen LogP contribution in [-0.4, -0.2) is 39.9 Å². The average molecular weight is 300 g/mol. The molecule has 0 unspecified atom stereocenters. The third kappa shape index (κ3) is 2.77. The van der Waals surface area contributed by atoms with Crippen molar-refractivity contribution in [2.24, 2.45) is 11.1 Å². The minimum atomic E-state index is -0.109. The molecule has 1 saturated carbocycles. The zero-order valence-corrected chi connectivity index (χ0v) is 13.5. The molecule has 0 spiro atoms. The van der Waals surface area contributed by atoms with Crippen molar-refractivity contribution < 1.29 is 4.79 Å². The molecule has 0 atom stereocenters. The molecule has 0 aromatic heterocycles. The van der Waals surface area contributed by atoms with Crippen molar-refractivity contribution >= 4 is 34.9 Å². The van der Waals surface area contributed by atoms with Crippen molar-refractivity contribution in [1.29, 1.82) is 0 Å². The zero-order chi connectivity index (χ0) is 14.1. The van der Waals surface area contributed by atoms with Gasteiger partial charge in [-0.2, -0.15) is 11.8 Å². The largest absolute Gasteiger partial charge is 0.392 e. The lowest BCUT2D eigenvalue weighted by molar-refractivity contribution is -0.142. The number of carbonyl (C=O) groups excluding carboxylic acids is 1. The fourth-order valence-corrected chi connectivity index (χ4v) is 4.62. The van der Waals surface area contributed by atoms with Crippen LogP contribution in [0.15, 0.2) is 0 Å². The molecule has 3 nitrogen and oxygen atoms in total. The van der Waals surface area contributed by atoms with Gasteiger partial charge in [-0.25, -0.2) is 0 Å². The molecule has 0 aromatic rings. The molecule has 1 heterocycles. The molecule has 1 amide bonds. The van der Waals surface area contributed by atoms with Crippen LogP contribution in [-0.2, 0) is 4.79 Å². The lowest BCUT2D eigenvalue weighted by atomic mass is 9.85. The highest BCUT2D eigenvalue weighted by molar-refractivity contribution is 8.02. The number of thiocarbonyl (C=S) groups is 1. The van der Waals surface area contributed by atoms with Gasteiger partial charge in [0.05, 0.1) is 9.74 Å². The van der Waals surface area contributed by atoms with Crippen LogP contribution in [0.3, 0.4) is 0 Å². The third-order valence-corrected chi connectivity index (χ3v) is 6.85. The Bertz CT molecular complexity index is 370. The highest BCUT2D eigenvalue weighted by Crippen LogP contribution is 2.41. The summed E-state index contributed by atoms with van der Waals surface area (Å²) in [6.07, 6.45) is 8.33. The summed E-state index contributed by atoms with van der Waals surface area (Å²) in [6, 6.07) is 0. The predicted molar refractivity (Wildman–Crippen MR) is 85.4 cm³/mol. The molecule has 0 aromatic carbocycles. The molecular formula is C14H24N2OS2. The van der Waals surface area contributed by atoms with Gasteiger partial charge in [0, 0.05) is 18.5 Å². The standard InChI is InChI=1S/C14H24N2OS2/c1-13(5-3-4-6-13)12(17)16-9-7-14(19-2,8-10-16)11(15)18/h3-10H2,1-2H3,(H2,15,18). The van der Waals surface area contributed by atoms with E-state index in [9.17, 15) is 4.79 Å². The molecule has 5 heteroatoms. The lowest BCUT2D eigenvalue weighted by Crippen LogP contribution is -2.53. The van der Waals surface area contributed by atoms with Gasteiger partial charge >= 0.3 is 0 Å². The van der Waals surface area contributed by atoms with E-state index in [4.69, 9.17) is 18.0 Å². The Labute approximate surface area is 125 Å². The highest BCUT2D eigenvalue weighted by atomic mass is 32.2. The van der Waals surface area contributed by atoms with Crippen LogP contribution >= 0.6 is 24.0 Å². The molecule has 19 heavy (non-hydrogen) atoms. The first-order valence-electron chi connectivity index (χ1n) is 7.08. The normalized spacial score (nSPS) is 25.3. The first-order valence-corrected chi connectivity index (χ1v) is 8.71. The van der Waals surface area contributed by atoms with E-state index in [1.165, 1.54) is 12.8 Å². The minimum absolute atomic E-state index is 0.0945. The van der Waals surface area contributed by atoms with Crippen molar-refractivity contribution in [3.8, 4) is 0 Å². The molecule has 2 aliphatic rings. The van der Waals surface area contributed by atoms with Crippen molar-refractivity contribution in [2.45, 2.75) is 50.2 Å². The Balaban J connectivity index is 2.00. The molecule has 2 N–H and O–H groups in total. The fourth-order valence-electron chi connectivity index (χ4n) is 3.37. The quantitative estimate of drug-likeness (QED) is 0.814. The molecule has 2 rings (SSSR count). The first-order chi connectivity index (χ1) is 8.93. The number of carbonyl (C=O) groups is 1. The molecular weight excluding hydrogens is 276 g/mol. The van der Waals surface area contributed by atoms with Gasteiger partial charge in [0.2, 0.25) is 5.91 Å². The van der Waals surface area contributed by atoms with Gasteiger partial charge in [0.15, 0.2) is 0 Å². The van der Waals surface area contributed by atoms with Crippen LogP contribution in [0.25, 0.3) is 0 Å². The van der Waals surface area contributed by atoms with Crippen LogP contribution in [0.4, 0.5) is 0 Å². The fraction of sp³-hybridized carbons (Fsp3) is 0.857. The average Bonchev–Trinajstić information content (AvgIpc) is 2.86. The molecule has 108 valence electrons. The number of nitrogens with zero attached hydrogens (tertiary/aromatic N) is 1. The molecule has 0 radical (unpaired) electrons. The number of hydrogen-bond donors (Lipinski definition) is 1. The number of amides is 1. The van der Waals surface area contributed by atoms with Gasteiger partial charge in [-0.05, 0) is 31.9 Å². The van der Waals surface area contributed by atoms with Gasteiger partial charge in [0.25, 0.3) is 0 Å². The summed E-state index contributed by atoms with van der Waals surface area (Å²) in [5.74, 6) is 0.350. The van der Waals surface area contributed by atoms with E-state index in [1.54, 1.807) is 11.8 Å². The predicted octanol–water partition coefficient (Wildman–Crippen LogP) is 2.58. The van der Waals surface area contributed by atoms with E-state index in [0.717, 1.165) is 38.8 Å². The van der Waals surface area contributed by atoms with E-state index in [2.05, 4.69) is 13.2 Å². The van der Waals surface area contributed by atoms with E-state index in [1.807, 2.05) is 4.90 Å². The van der Waals surface area contributed by atoms with Crippen molar-refractivity contribution in [2.75, 3.05) is 19.3 Å². The smallest absolute Gasteiger partial charge is 0.228 e.